The van der Waals surface area contributed by atoms with Crippen LogP contribution in [-0.2, 0) is 6.54 Å². The average Bonchev–Trinajstić information content (AvgIpc) is 2.63. The normalized spacial score (nSPS) is 15.4. The van der Waals surface area contributed by atoms with Crippen molar-refractivity contribution in [2.24, 2.45) is 0 Å². The van der Waals surface area contributed by atoms with Crippen LogP contribution in [0.2, 0.25) is 0 Å². The maximum atomic E-state index is 12.5. The molecular formula is C19H20F2N2O2. The largest absolute Gasteiger partial charge is 0.435 e. The monoisotopic (exact) mass is 346 g/mol. The van der Waals surface area contributed by atoms with E-state index in [4.69, 9.17) is 0 Å². The third-order valence-corrected chi connectivity index (χ3v) is 4.23. The number of alkyl halides is 2. The van der Waals surface area contributed by atoms with Crippen molar-refractivity contribution in [3.8, 4) is 5.75 Å². The van der Waals surface area contributed by atoms with Gasteiger partial charge in [-0.3, -0.25) is 9.69 Å². The fourth-order valence-electron chi connectivity index (χ4n) is 2.91. The molecule has 2 aromatic rings. The van der Waals surface area contributed by atoms with Crippen LogP contribution in [-0.4, -0.2) is 48.5 Å². The molecule has 1 aliphatic heterocycles. The van der Waals surface area contributed by atoms with E-state index in [9.17, 15) is 13.6 Å². The molecule has 1 aliphatic rings. The lowest BCUT2D eigenvalue weighted by Gasteiger charge is -2.34. The number of amides is 1. The molecule has 25 heavy (non-hydrogen) atoms. The molecule has 0 aromatic heterocycles. The molecule has 0 N–H and O–H groups in total. The van der Waals surface area contributed by atoms with Gasteiger partial charge in [0.05, 0.1) is 0 Å². The highest BCUT2D eigenvalue weighted by Crippen LogP contribution is 2.17. The Hall–Kier alpha value is -2.47. The van der Waals surface area contributed by atoms with Gasteiger partial charge in [0.15, 0.2) is 0 Å². The maximum absolute atomic E-state index is 12.5. The average molecular weight is 346 g/mol. The van der Waals surface area contributed by atoms with E-state index in [-0.39, 0.29) is 11.7 Å². The van der Waals surface area contributed by atoms with Gasteiger partial charge in [-0.1, -0.05) is 30.3 Å². The number of piperazine rings is 1. The predicted octanol–water partition coefficient (Wildman–Crippen LogP) is 3.25. The number of ether oxygens (including phenoxy) is 1. The summed E-state index contributed by atoms with van der Waals surface area (Å²) < 4.78 is 28.6. The van der Waals surface area contributed by atoms with E-state index < -0.39 is 6.61 Å². The molecule has 1 fully saturated rings. The first-order chi connectivity index (χ1) is 12.1. The van der Waals surface area contributed by atoms with Crippen LogP contribution in [0.3, 0.4) is 0 Å². The van der Waals surface area contributed by atoms with E-state index in [0.29, 0.717) is 18.7 Å². The van der Waals surface area contributed by atoms with Gasteiger partial charge >= 0.3 is 6.61 Å². The van der Waals surface area contributed by atoms with Crippen LogP contribution in [0, 0.1) is 0 Å². The van der Waals surface area contributed by atoms with E-state index in [0.717, 1.165) is 19.6 Å². The summed E-state index contributed by atoms with van der Waals surface area (Å²) in [6.45, 7) is 0.949. The number of hydrogen-bond donors (Lipinski definition) is 0. The lowest BCUT2D eigenvalue weighted by atomic mass is 10.1. The zero-order valence-electron chi connectivity index (χ0n) is 13.8. The summed E-state index contributed by atoms with van der Waals surface area (Å²) in [7, 11) is 0. The zero-order chi connectivity index (χ0) is 17.6. The minimum Gasteiger partial charge on any atom is -0.435 e. The van der Waals surface area contributed by atoms with E-state index >= 15 is 0 Å². The van der Waals surface area contributed by atoms with Crippen LogP contribution in [0.5, 0.6) is 5.75 Å². The number of halogens is 2. The van der Waals surface area contributed by atoms with Gasteiger partial charge in [-0.2, -0.15) is 8.78 Å². The van der Waals surface area contributed by atoms with Crippen LogP contribution in [0.4, 0.5) is 8.78 Å². The topological polar surface area (TPSA) is 32.8 Å². The number of hydrogen-bond acceptors (Lipinski definition) is 3. The van der Waals surface area contributed by atoms with Crippen LogP contribution in [0.1, 0.15) is 15.9 Å². The zero-order valence-corrected chi connectivity index (χ0v) is 13.8. The smallest absolute Gasteiger partial charge is 0.387 e. The fourth-order valence-corrected chi connectivity index (χ4v) is 2.91. The van der Waals surface area contributed by atoms with Gasteiger partial charge in [0, 0.05) is 38.3 Å². The minimum absolute atomic E-state index is 0.0548. The Morgan fingerprint density at radius 3 is 2.20 bits per heavy atom. The molecular weight excluding hydrogens is 326 g/mol. The molecule has 1 heterocycles. The third-order valence-electron chi connectivity index (χ3n) is 4.23. The summed E-state index contributed by atoms with van der Waals surface area (Å²) in [6.07, 6.45) is 0. The SMILES string of the molecule is O=C(c1ccc(OC(F)F)cc1)N1CCN(Cc2ccccc2)CC1. The number of carbonyl (C=O) groups is 1. The quantitative estimate of drug-likeness (QED) is 0.833. The van der Waals surface area contributed by atoms with Crippen molar-refractivity contribution in [3.63, 3.8) is 0 Å². The van der Waals surface area contributed by atoms with Crippen LogP contribution in [0.15, 0.2) is 54.6 Å². The first kappa shape index (κ1) is 17.4. The standard InChI is InChI=1S/C19H20F2N2O2/c20-19(21)25-17-8-6-16(7-9-17)18(24)23-12-10-22(11-13-23)14-15-4-2-1-3-5-15/h1-9,19H,10-14H2. The maximum Gasteiger partial charge on any atom is 0.387 e. The molecule has 2 aromatic carbocycles. The Kier molecular flexibility index (Phi) is 5.60. The highest BCUT2D eigenvalue weighted by atomic mass is 19.3. The van der Waals surface area contributed by atoms with Gasteiger partial charge in [0.25, 0.3) is 5.91 Å². The molecule has 0 saturated carbocycles. The number of nitrogens with zero attached hydrogens (tertiary/aromatic N) is 2. The molecule has 1 amide bonds. The van der Waals surface area contributed by atoms with Crippen molar-refractivity contribution in [1.29, 1.82) is 0 Å². The lowest BCUT2D eigenvalue weighted by molar-refractivity contribution is -0.0498. The molecule has 132 valence electrons. The van der Waals surface area contributed by atoms with Gasteiger partial charge in [-0.05, 0) is 29.8 Å². The van der Waals surface area contributed by atoms with Gasteiger partial charge in [0.2, 0.25) is 0 Å². The van der Waals surface area contributed by atoms with Gasteiger partial charge in [-0.25, -0.2) is 0 Å². The van der Waals surface area contributed by atoms with Gasteiger partial charge in [-0.15, -0.1) is 0 Å². The molecule has 0 aliphatic carbocycles. The van der Waals surface area contributed by atoms with Crippen molar-refractivity contribution in [1.82, 2.24) is 9.80 Å². The summed E-state index contributed by atoms with van der Waals surface area (Å²) in [4.78, 5) is 16.6. The van der Waals surface area contributed by atoms with Crippen LogP contribution < -0.4 is 4.74 Å². The highest BCUT2D eigenvalue weighted by Gasteiger charge is 2.22. The third kappa shape index (κ3) is 4.76. The predicted molar refractivity (Wildman–Crippen MR) is 90.7 cm³/mol. The summed E-state index contributed by atoms with van der Waals surface area (Å²) >= 11 is 0. The molecule has 6 heteroatoms. The van der Waals surface area contributed by atoms with Gasteiger partial charge in [0.1, 0.15) is 5.75 Å². The van der Waals surface area contributed by atoms with Crippen molar-refractivity contribution < 1.29 is 18.3 Å². The molecule has 3 rings (SSSR count). The van der Waals surface area contributed by atoms with Crippen molar-refractivity contribution >= 4 is 5.91 Å². The highest BCUT2D eigenvalue weighted by molar-refractivity contribution is 5.94. The van der Waals surface area contributed by atoms with Crippen LogP contribution >= 0.6 is 0 Å². The number of rotatable bonds is 5. The lowest BCUT2D eigenvalue weighted by Crippen LogP contribution is -2.48. The van der Waals surface area contributed by atoms with E-state index in [1.165, 1.54) is 29.8 Å². The van der Waals surface area contributed by atoms with Crippen molar-refractivity contribution in [2.75, 3.05) is 26.2 Å². The summed E-state index contributed by atoms with van der Waals surface area (Å²) in [5.74, 6) is -0.0258. The second-order valence-corrected chi connectivity index (χ2v) is 5.96. The van der Waals surface area contributed by atoms with E-state index in [1.54, 1.807) is 4.90 Å². The Bertz CT molecular complexity index is 684. The Morgan fingerprint density at radius 2 is 1.60 bits per heavy atom. The second kappa shape index (κ2) is 8.07. The molecule has 0 bridgehead atoms. The molecule has 4 nitrogen and oxygen atoms in total. The Balaban J connectivity index is 1.52. The number of carbonyl (C=O) groups excluding carboxylic acids is 1. The Labute approximate surface area is 145 Å². The van der Waals surface area contributed by atoms with E-state index in [1.807, 2.05) is 18.2 Å². The summed E-state index contributed by atoms with van der Waals surface area (Å²) in [5.41, 5.74) is 1.75. The summed E-state index contributed by atoms with van der Waals surface area (Å²) in [6, 6.07) is 16.1. The van der Waals surface area contributed by atoms with Crippen LogP contribution in [0.25, 0.3) is 0 Å². The second-order valence-electron chi connectivity index (χ2n) is 5.96. The van der Waals surface area contributed by atoms with E-state index in [2.05, 4.69) is 21.8 Å². The van der Waals surface area contributed by atoms with Crippen molar-refractivity contribution in [3.05, 3.63) is 65.7 Å². The van der Waals surface area contributed by atoms with Gasteiger partial charge < -0.3 is 9.64 Å². The Morgan fingerprint density at radius 1 is 0.960 bits per heavy atom. The molecule has 0 spiro atoms. The number of benzene rings is 2. The minimum atomic E-state index is -2.86. The summed E-state index contributed by atoms with van der Waals surface area (Å²) in [5, 5.41) is 0. The first-order valence-electron chi connectivity index (χ1n) is 8.22. The molecule has 0 atom stereocenters. The molecule has 0 radical (unpaired) electrons. The first-order valence-corrected chi connectivity index (χ1v) is 8.22. The molecule has 1 saturated heterocycles. The van der Waals surface area contributed by atoms with Crippen molar-refractivity contribution in [2.45, 2.75) is 13.2 Å². The molecule has 0 unspecified atom stereocenters. The fraction of sp³-hybridized carbons (Fsp3) is 0.316.